The van der Waals surface area contributed by atoms with Gasteiger partial charge in [-0.3, -0.25) is 0 Å². The van der Waals surface area contributed by atoms with E-state index in [1.54, 1.807) is 0 Å². The average Bonchev–Trinajstić information content (AvgIpc) is 2.54. The van der Waals surface area contributed by atoms with E-state index in [0.717, 1.165) is 40.8 Å². The van der Waals surface area contributed by atoms with Gasteiger partial charge in [0.15, 0.2) is 0 Å². The van der Waals surface area contributed by atoms with Crippen LogP contribution in [0.25, 0.3) is 22.2 Å². The highest BCUT2D eigenvalue weighted by molar-refractivity contribution is 5.93. The molecule has 0 aliphatic rings. The quantitative estimate of drug-likeness (QED) is 0.696. The van der Waals surface area contributed by atoms with Crippen LogP contribution in [0.5, 0.6) is 0 Å². The summed E-state index contributed by atoms with van der Waals surface area (Å²) in [5.41, 5.74) is 10.1. The molecule has 0 aliphatic carbocycles. The number of rotatable bonds is 5. The fraction of sp³-hybridized carbons (Fsp3) is 0.250. The van der Waals surface area contributed by atoms with Crippen LogP contribution in [0, 0.1) is 0 Å². The number of aromatic nitrogens is 1. The highest BCUT2D eigenvalue weighted by atomic mass is 35.5. The van der Waals surface area contributed by atoms with E-state index in [-0.39, 0.29) is 17.9 Å². The smallest absolute Gasteiger partial charge is 0.0730 e. The summed E-state index contributed by atoms with van der Waals surface area (Å²) in [7, 11) is 0. The third kappa shape index (κ3) is 4.47. The lowest BCUT2D eigenvalue weighted by molar-refractivity contribution is 0.491. The molecule has 1 heterocycles. The van der Waals surface area contributed by atoms with Crippen molar-refractivity contribution in [3.8, 4) is 11.3 Å². The van der Waals surface area contributed by atoms with Crippen molar-refractivity contribution in [1.29, 1.82) is 0 Å². The molecule has 0 fully saturated rings. The molecule has 0 atom stereocenters. The van der Waals surface area contributed by atoms with Crippen LogP contribution < -0.4 is 11.1 Å². The minimum absolute atomic E-state index is 0. The summed E-state index contributed by atoms with van der Waals surface area (Å²) >= 11 is 0. The van der Waals surface area contributed by atoms with Crippen LogP contribution in [0.1, 0.15) is 20.3 Å². The van der Waals surface area contributed by atoms with Crippen LogP contribution in [-0.4, -0.2) is 17.1 Å². The Balaban J connectivity index is 0.00000208. The topological polar surface area (TPSA) is 50.9 Å². The van der Waals surface area contributed by atoms with Crippen molar-refractivity contribution in [2.75, 3.05) is 11.9 Å². The molecular formula is C20H24ClN3. The first-order chi connectivity index (χ1) is 11.0. The Morgan fingerprint density at radius 1 is 1.00 bits per heavy atom. The lowest BCUT2D eigenvalue weighted by Gasteiger charge is -2.19. The molecule has 4 heteroatoms. The molecule has 0 radical (unpaired) electrons. The fourth-order valence-corrected chi connectivity index (χ4v) is 2.60. The molecule has 3 N–H and O–H groups in total. The molecule has 24 heavy (non-hydrogen) atoms. The molecule has 126 valence electrons. The maximum absolute atomic E-state index is 6.08. The Morgan fingerprint density at radius 3 is 2.38 bits per heavy atom. The lowest BCUT2D eigenvalue weighted by atomic mass is 10.0. The zero-order valence-corrected chi connectivity index (χ0v) is 14.9. The monoisotopic (exact) mass is 341 g/mol. The number of nitrogens with one attached hydrogen (secondary N) is 1. The number of nitrogens with two attached hydrogens (primary N) is 1. The van der Waals surface area contributed by atoms with E-state index in [2.05, 4.69) is 49.5 Å². The highest BCUT2D eigenvalue weighted by Crippen LogP contribution is 2.28. The Morgan fingerprint density at radius 2 is 1.67 bits per heavy atom. The Kier molecular flexibility index (Phi) is 5.81. The summed E-state index contributed by atoms with van der Waals surface area (Å²) in [6, 6.07) is 20.6. The van der Waals surface area contributed by atoms with Crippen LogP contribution in [0.3, 0.4) is 0 Å². The number of hydrogen-bond acceptors (Lipinski definition) is 3. The van der Waals surface area contributed by atoms with Gasteiger partial charge in [-0.2, -0.15) is 0 Å². The molecule has 0 spiro atoms. The van der Waals surface area contributed by atoms with Crippen molar-refractivity contribution in [1.82, 2.24) is 4.98 Å². The SMILES string of the molecule is CC(C)(N)CCNc1cc(-c2ccccc2)nc2ccccc12.Cl. The van der Waals surface area contributed by atoms with Crippen LogP contribution in [0.15, 0.2) is 60.7 Å². The van der Waals surface area contributed by atoms with Gasteiger partial charge in [-0.25, -0.2) is 4.98 Å². The molecule has 0 aliphatic heterocycles. The van der Waals surface area contributed by atoms with Gasteiger partial charge in [0.05, 0.1) is 11.2 Å². The summed E-state index contributed by atoms with van der Waals surface area (Å²) in [6.07, 6.45) is 0.907. The predicted octanol–water partition coefficient (Wildman–Crippen LogP) is 4.86. The van der Waals surface area contributed by atoms with Gasteiger partial charge in [0.1, 0.15) is 0 Å². The first-order valence-electron chi connectivity index (χ1n) is 8.01. The number of benzene rings is 2. The zero-order chi connectivity index (χ0) is 16.3. The standard InChI is InChI=1S/C20H23N3.ClH/c1-20(2,21)12-13-22-19-14-18(15-8-4-3-5-9-15)23-17-11-7-6-10-16(17)19;/h3-11,14H,12-13,21H2,1-2H3,(H,22,23);1H. The number of anilines is 1. The second-order valence-electron chi connectivity index (χ2n) is 6.60. The maximum atomic E-state index is 6.08. The van der Waals surface area contributed by atoms with Crippen molar-refractivity contribution in [2.24, 2.45) is 5.73 Å². The number of hydrogen-bond donors (Lipinski definition) is 2. The van der Waals surface area contributed by atoms with Gasteiger partial charge in [-0.1, -0.05) is 48.5 Å². The largest absolute Gasteiger partial charge is 0.384 e. The summed E-state index contributed by atoms with van der Waals surface area (Å²) in [5.74, 6) is 0. The lowest BCUT2D eigenvalue weighted by Crippen LogP contribution is -2.34. The second kappa shape index (κ2) is 7.65. The molecule has 1 aromatic heterocycles. The minimum atomic E-state index is -0.169. The van der Waals surface area contributed by atoms with Gasteiger partial charge < -0.3 is 11.1 Å². The fourth-order valence-electron chi connectivity index (χ4n) is 2.60. The molecule has 0 unspecified atom stereocenters. The summed E-state index contributed by atoms with van der Waals surface area (Å²) in [5, 5.41) is 4.68. The van der Waals surface area contributed by atoms with Crippen molar-refractivity contribution in [2.45, 2.75) is 25.8 Å². The summed E-state index contributed by atoms with van der Waals surface area (Å²) < 4.78 is 0. The van der Waals surface area contributed by atoms with Crippen LogP contribution in [0.2, 0.25) is 0 Å². The number of halogens is 1. The molecule has 3 aromatic rings. The van der Waals surface area contributed by atoms with Crippen molar-refractivity contribution >= 4 is 29.0 Å². The van der Waals surface area contributed by atoms with Gasteiger partial charge in [-0.05, 0) is 32.4 Å². The molecular weight excluding hydrogens is 318 g/mol. The van der Waals surface area contributed by atoms with Crippen molar-refractivity contribution in [3.05, 3.63) is 60.7 Å². The Hall–Kier alpha value is -2.10. The first-order valence-corrected chi connectivity index (χ1v) is 8.01. The Bertz CT molecular complexity index is 795. The molecule has 3 rings (SSSR count). The van der Waals surface area contributed by atoms with E-state index in [9.17, 15) is 0 Å². The normalized spacial score (nSPS) is 11.1. The number of pyridine rings is 1. The van der Waals surface area contributed by atoms with Crippen LogP contribution in [-0.2, 0) is 0 Å². The van der Waals surface area contributed by atoms with Crippen LogP contribution in [0.4, 0.5) is 5.69 Å². The molecule has 0 amide bonds. The van der Waals surface area contributed by atoms with E-state index in [4.69, 9.17) is 10.7 Å². The number of nitrogens with zero attached hydrogens (tertiary/aromatic N) is 1. The van der Waals surface area contributed by atoms with Gasteiger partial charge >= 0.3 is 0 Å². The van der Waals surface area contributed by atoms with Gasteiger partial charge in [-0.15, -0.1) is 12.4 Å². The molecule has 0 saturated carbocycles. The van der Waals surface area contributed by atoms with Gasteiger partial charge in [0.25, 0.3) is 0 Å². The minimum Gasteiger partial charge on any atom is -0.384 e. The third-order valence-electron chi connectivity index (χ3n) is 3.87. The second-order valence-corrected chi connectivity index (χ2v) is 6.60. The average molecular weight is 342 g/mol. The van der Waals surface area contributed by atoms with Crippen molar-refractivity contribution < 1.29 is 0 Å². The van der Waals surface area contributed by atoms with E-state index in [1.807, 2.05) is 30.3 Å². The van der Waals surface area contributed by atoms with Gasteiger partial charge in [0.2, 0.25) is 0 Å². The number of para-hydroxylation sites is 1. The van der Waals surface area contributed by atoms with Crippen LogP contribution >= 0.6 is 12.4 Å². The third-order valence-corrected chi connectivity index (χ3v) is 3.87. The molecule has 0 saturated heterocycles. The predicted molar refractivity (Wildman–Crippen MR) is 106 cm³/mol. The summed E-state index contributed by atoms with van der Waals surface area (Å²) in [4.78, 5) is 4.80. The molecule has 0 bridgehead atoms. The summed E-state index contributed by atoms with van der Waals surface area (Å²) in [6.45, 7) is 4.94. The highest BCUT2D eigenvalue weighted by Gasteiger charge is 2.11. The van der Waals surface area contributed by atoms with E-state index < -0.39 is 0 Å². The Labute approximate surface area is 149 Å². The van der Waals surface area contributed by atoms with Gasteiger partial charge in [0, 0.05) is 28.7 Å². The van der Waals surface area contributed by atoms with E-state index >= 15 is 0 Å². The number of fused-ring (bicyclic) bond motifs is 1. The van der Waals surface area contributed by atoms with E-state index in [0.29, 0.717) is 0 Å². The molecule has 2 aromatic carbocycles. The molecule has 3 nitrogen and oxygen atoms in total. The van der Waals surface area contributed by atoms with Crippen molar-refractivity contribution in [3.63, 3.8) is 0 Å². The maximum Gasteiger partial charge on any atom is 0.0730 e. The first kappa shape index (κ1) is 18.2. The van der Waals surface area contributed by atoms with E-state index in [1.165, 1.54) is 0 Å². The zero-order valence-electron chi connectivity index (χ0n) is 14.1.